The molecule has 0 aromatic rings. The molecule has 4 atom stereocenters. The van der Waals surface area contributed by atoms with Gasteiger partial charge >= 0.3 is 6.09 Å². The zero-order valence-electron chi connectivity index (χ0n) is 18.9. The van der Waals surface area contributed by atoms with Gasteiger partial charge in [-0.1, -0.05) is 20.8 Å². The third-order valence-corrected chi connectivity index (χ3v) is 6.21. The summed E-state index contributed by atoms with van der Waals surface area (Å²) in [5.74, 6) is -0.998. The van der Waals surface area contributed by atoms with Crippen molar-refractivity contribution in [1.82, 2.24) is 15.1 Å². The number of fused-ring (bicyclic) bond motifs is 1. The number of likely N-dealkylation sites (tertiary alicyclic amines) is 2. The molecule has 8 nitrogen and oxygen atoms in total. The first-order valence-corrected chi connectivity index (χ1v) is 11.1. The summed E-state index contributed by atoms with van der Waals surface area (Å²) in [7, 11) is 0. The number of hydrogen-bond donors (Lipinski definition) is 1. The second kappa shape index (κ2) is 8.19. The third-order valence-electron chi connectivity index (χ3n) is 6.21. The minimum atomic E-state index is -0.751. The van der Waals surface area contributed by atoms with Crippen molar-refractivity contribution in [2.75, 3.05) is 6.54 Å². The van der Waals surface area contributed by atoms with Gasteiger partial charge in [0, 0.05) is 12.5 Å². The number of rotatable bonds is 5. The van der Waals surface area contributed by atoms with Crippen molar-refractivity contribution in [2.24, 2.45) is 17.8 Å². The van der Waals surface area contributed by atoms with E-state index in [0.29, 0.717) is 19.4 Å². The highest BCUT2D eigenvalue weighted by Gasteiger charge is 2.58. The Kier molecular flexibility index (Phi) is 6.16. The molecule has 1 saturated carbocycles. The first-order chi connectivity index (χ1) is 14.0. The quantitative estimate of drug-likeness (QED) is 0.687. The number of amides is 4. The van der Waals surface area contributed by atoms with Gasteiger partial charge in [0.2, 0.25) is 17.7 Å². The summed E-state index contributed by atoms with van der Waals surface area (Å²) in [5, 5.41) is 2.72. The predicted molar refractivity (Wildman–Crippen MR) is 110 cm³/mol. The van der Waals surface area contributed by atoms with Gasteiger partial charge in [-0.15, -0.1) is 0 Å². The Bertz CT molecular complexity index is 725. The Labute approximate surface area is 178 Å². The molecule has 0 aromatic heterocycles. The average Bonchev–Trinajstić information content (AvgIpc) is 3.34. The van der Waals surface area contributed by atoms with Gasteiger partial charge in [0.05, 0.1) is 18.0 Å². The van der Waals surface area contributed by atoms with Gasteiger partial charge < -0.3 is 15.0 Å². The van der Waals surface area contributed by atoms with Crippen LogP contribution in [0.3, 0.4) is 0 Å². The molecule has 3 rings (SSSR count). The Hall–Kier alpha value is -2.12. The fourth-order valence-corrected chi connectivity index (χ4v) is 4.65. The highest BCUT2D eigenvalue weighted by molar-refractivity contribution is 6.01. The zero-order chi connectivity index (χ0) is 22.4. The normalized spacial score (nSPS) is 27.3. The van der Waals surface area contributed by atoms with Crippen LogP contribution in [0.25, 0.3) is 0 Å². The van der Waals surface area contributed by atoms with E-state index in [0.717, 1.165) is 12.8 Å². The van der Waals surface area contributed by atoms with Gasteiger partial charge in [0.1, 0.15) is 11.6 Å². The lowest BCUT2D eigenvalue weighted by Gasteiger charge is -2.32. The Balaban J connectivity index is 1.78. The molecule has 3 fully saturated rings. The predicted octanol–water partition coefficient (Wildman–Crippen LogP) is 2.31. The molecule has 2 aliphatic heterocycles. The average molecular weight is 422 g/mol. The summed E-state index contributed by atoms with van der Waals surface area (Å²) in [5.41, 5.74) is -0.664. The van der Waals surface area contributed by atoms with E-state index in [2.05, 4.69) is 5.32 Å². The van der Waals surface area contributed by atoms with Crippen LogP contribution in [0, 0.1) is 17.8 Å². The van der Waals surface area contributed by atoms with E-state index in [9.17, 15) is 19.2 Å². The first-order valence-electron chi connectivity index (χ1n) is 11.1. The van der Waals surface area contributed by atoms with Crippen molar-refractivity contribution in [3.05, 3.63) is 0 Å². The smallest absolute Gasteiger partial charge is 0.408 e. The number of ether oxygens (including phenoxy) is 1. The van der Waals surface area contributed by atoms with E-state index in [-0.39, 0.29) is 47.6 Å². The van der Waals surface area contributed by atoms with Crippen LogP contribution < -0.4 is 5.32 Å². The van der Waals surface area contributed by atoms with Crippen molar-refractivity contribution < 1.29 is 23.9 Å². The summed E-state index contributed by atoms with van der Waals surface area (Å²) < 4.78 is 5.33. The van der Waals surface area contributed by atoms with E-state index in [1.807, 2.05) is 20.8 Å². The maximum absolute atomic E-state index is 13.5. The van der Waals surface area contributed by atoms with Crippen LogP contribution in [-0.4, -0.2) is 63.9 Å². The van der Waals surface area contributed by atoms with Gasteiger partial charge in [-0.05, 0) is 52.4 Å². The second-order valence-electron chi connectivity index (χ2n) is 10.1. The van der Waals surface area contributed by atoms with E-state index in [1.54, 1.807) is 25.7 Å². The van der Waals surface area contributed by atoms with Crippen molar-refractivity contribution >= 4 is 23.8 Å². The molecule has 8 heteroatoms. The fraction of sp³-hybridized carbons (Fsp3) is 0.818. The Morgan fingerprint density at radius 1 is 1.17 bits per heavy atom. The first kappa shape index (κ1) is 22.6. The molecular weight excluding hydrogens is 386 g/mol. The summed E-state index contributed by atoms with van der Waals surface area (Å²) in [6.07, 6.45) is 2.22. The standard InChI is InChI=1S/C22H35N3O5/c1-7-14-17-15(25(19(14)27)18(26)13-8-9-13)10-11-24(17)20(28)16(12(2)3)23-21(29)30-22(4,5)6/h12-17H,7-11H2,1-6H3,(H,23,29)/t14-,15+,16-,17+/m0/s1. The lowest BCUT2D eigenvalue weighted by molar-refractivity contribution is -0.146. The van der Waals surface area contributed by atoms with E-state index in [1.165, 1.54) is 4.90 Å². The van der Waals surface area contributed by atoms with Gasteiger partial charge in [-0.25, -0.2) is 4.79 Å². The third kappa shape index (κ3) is 4.32. The molecule has 2 saturated heterocycles. The Morgan fingerprint density at radius 2 is 1.80 bits per heavy atom. The van der Waals surface area contributed by atoms with Crippen LogP contribution in [0.15, 0.2) is 0 Å². The van der Waals surface area contributed by atoms with Crippen molar-refractivity contribution in [1.29, 1.82) is 0 Å². The molecule has 0 unspecified atom stereocenters. The molecule has 4 amide bonds. The van der Waals surface area contributed by atoms with Gasteiger partial charge in [-0.3, -0.25) is 19.3 Å². The number of nitrogens with zero attached hydrogens (tertiary/aromatic N) is 2. The second-order valence-corrected chi connectivity index (χ2v) is 10.1. The maximum atomic E-state index is 13.5. The lowest BCUT2D eigenvalue weighted by Crippen LogP contribution is -2.55. The van der Waals surface area contributed by atoms with E-state index < -0.39 is 17.7 Å². The minimum absolute atomic E-state index is 0.0350. The van der Waals surface area contributed by atoms with Crippen molar-refractivity contribution in [3.8, 4) is 0 Å². The number of carbonyl (C=O) groups excluding carboxylic acids is 4. The molecule has 2 heterocycles. The van der Waals surface area contributed by atoms with Crippen LogP contribution in [-0.2, 0) is 19.1 Å². The Morgan fingerprint density at radius 3 is 2.30 bits per heavy atom. The summed E-state index contributed by atoms with van der Waals surface area (Å²) in [4.78, 5) is 54.7. The SMILES string of the molecule is CC[C@@H]1C(=O)N(C(=O)C2CC2)[C@@H]2CCN(C(=O)[C@@H](NC(=O)OC(C)(C)C)C(C)C)[C@H]12. The minimum Gasteiger partial charge on any atom is -0.444 e. The molecule has 0 radical (unpaired) electrons. The van der Waals surface area contributed by atoms with Gasteiger partial charge in [-0.2, -0.15) is 0 Å². The van der Waals surface area contributed by atoms with Crippen LogP contribution in [0.5, 0.6) is 0 Å². The molecule has 0 bridgehead atoms. The molecule has 0 spiro atoms. The molecule has 3 aliphatic rings. The van der Waals surface area contributed by atoms with Crippen LogP contribution in [0.4, 0.5) is 4.79 Å². The fourth-order valence-electron chi connectivity index (χ4n) is 4.65. The molecule has 0 aromatic carbocycles. The highest BCUT2D eigenvalue weighted by atomic mass is 16.6. The van der Waals surface area contributed by atoms with Gasteiger partial charge in [0.15, 0.2) is 0 Å². The number of hydrogen-bond acceptors (Lipinski definition) is 5. The van der Waals surface area contributed by atoms with E-state index in [4.69, 9.17) is 4.74 Å². The number of carbonyl (C=O) groups is 4. The van der Waals surface area contributed by atoms with Crippen LogP contribution in [0.1, 0.15) is 67.2 Å². The molecular formula is C22H35N3O5. The largest absolute Gasteiger partial charge is 0.444 e. The van der Waals surface area contributed by atoms with E-state index >= 15 is 0 Å². The molecule has 1 N–H and O–H groups in total. The topological polar surface area (TPSA) is 96.0 Å². The monoisotopic (exact) mass is 421 g/mol. The summed E-state index contributed by atoms with van der Waals surface area (Å²) in [6.45, 7) is 11.4. The van der Waals surface area contributed by atoms with Crippen molar-refractivity contribution in [3.63, 3.8) is 0 Å². The van der Waals surface area contributed by atoms with Crippen LogP contribution >= 0.6 is 0 Å². The molecule has 30 heavy (non-hydrogen) atoms. The number of alkyl carbamates (subject to hydrolysis) is 1. The molecule has 1 aliphatic carbocycles. The zero-order valence-corrected chi connectivity index (χ0v) is 18.9. The number of nitrogens with one attached hydrogen (secondary N) is 1. The highest BCUT2D eigenvalue weighted by Crippen LogP contribution is 2.42. The number of imide groups is 1. The lowest BCUT2D eigenvalue weighted by atomic mass is 9.95. The van der Waals surface area contributed by atoms with Crippen molar-refractivity contribution in [2.45, 2.75) is 91.0 Å². The summed E-state index contributed by atoms with van der Waals surface area (Å²) >= 11 is 0. The molecule has 168 valence electrons. The summed E-state index contributed by atoms with van der Waals surface area (Å²) in [6, 6.07) is -1.33. The van der Waals surface area contributed by atoms with Gasteiger partial charge in [0.25, 0.3) is 0 Å². The van der Waals surface area contributed by atoms with Crippen LogP contribution in [0.2, 0.25) is 0 Å². The maximum Gasteiger partial charge on any atom is 0.408 e.